The molecule has 144 valence electrons. The number of piperidine rings is 1. The smallest absolute Gasteiger partial charge is 0.237 e. The number of nitrogens with zero attached hydrogens (tertiary/aromatic N) is 2. The van der Waals surface area contributed by atoms with Crippen LogP contribution >= 0.6 is 0 Å². The highest BCUT2D eigenvalue weighted by atomic mass is 19.2. The fraction of sp³-hybridized carbons (Fsp3) is 0.400. The number of pyridine rings is 1. The topological polar surface area (TPSA) is 54.5 Å². The zero-order valence-electron chi connectivity index (χ0n) is 15.3. The Morgan fingerprint density at radius 3 is 2.93 bits per heavy atom. The van der Waals surface area contributed by atoms with Crippen molar-refractivity contribution in [1.82, 2.24) is 15.2 Å². The molecule has 2 aromatic rings. The van der Waals surface area contributed by atoms with Crippen LogP contribution in [0.4, 0.5) is 8.78 Å². The lowest BCUT2D eigenvalue weighted by atomic mass is 10.0. The summed E-state index contributed by atoms with van der Waals surface area (Å²) in [4.78, 5) is 18.9. The SMILES string of the molecule is CCN1CCCC[C@@H]1C(=O)NCc1cccnc1Oc1ccc(F)c(F)c1. The molecule has 0 aliphatic carbocycles. The quantitative estimate of drug-likeness (QED) is 0.838. The molecule has 0 saturated carbocycles. The van der Waals surface area contributed by atoms with Crippen LogP contribution in [0.5, 0.6) is 11.6 Å². The molecule has 1 amide bonds. The standard InChI is InChI=1S/C20H23F2N3O2/c1-2-25-11-4-3-7-18(25)19(26)24-13-14-6-5-10-23-20(14)27-15-8-9-16(21)17(22)12-15/h5-6,8-10,12,18H,2-4,7,11,13H2,1H3,(H,24,26)/t18-/m1/s1. The first kappa shape index (κ1) is 19.2. The first-order valence-electron chi connectivity index (χ1n) is 9.17. The van der Waals surface area contributed by atoms with Crippen LogP contribution in [0.15, 0.2) is 36.5 Å². The monoisotopic (exact) mass is 375 g/mol. The number of likely N-dealkylation sites (N-methyl/N-ethyl adjacent to an activating group) is 1. The van der Waals surface area contributed by atoms with Gasteiger partial charge in [-0.15, -0.1) is 0 Å². The number of halogens is 2. The Morgan fingerprint density at radius 2 is 2.15 bits per heavy atom. The number of carbonyl (C=O) groups is 1. The number of hydrogen-bond donors (Lipinski definition) is 1. The van der Waals surface area contributed by atoms with Crippen LogP contribution in [0.2, 0.25) is 0 Å². The van der Waals surface area contributed by atoms with Gasteiger partial charge in [-0.1, -0.05) is 19.4 Å². The molecular formula is C20H23F2N3O2. The molecule has 0 unspecified atom stereocenters. The predicted molar refractivity (Wildman–Crippen MR) is 97.4 cm³/mol. The van der Waals surface area contributed by atoms with E-state index in [2.05, 4.69) is 22.1 Å². The molecule has 1 aliphatic heterocycles. The molecule has 1 aliphatic rings. The third-order valence-corrected chi connectivity index (χ3v) is 4.73. The average Bonchev–Trinajstić information content (AvgIpc) is 2.70. The summed E-state index contributed by atoms with van der Waals surface area (Å²) in [5.41, 5.74) is 0.662. The van der Waals surface area contributed by atoms with Crippen LogP contribution in [0, 0.1) is 11.6 Å². The second kappa shape index (κ2) is 8.90. The number of carbonyl (C=O) groups excluding carboxylic acids is 1. The second-order valence-corrected chi connectivity index (χ2v) is 6.50. The molecule has 0 bridgehead atoms. The summed E-state index contributed by atoms with van der Waals surface area (Å²) in [6.45, 7) is 4.08. The van der Waals surface area contributed by atoms with Gasteiger partial charge in [0.05, 0.1) is 6.04 Å². The number of likely N-dealkylation sites (tertiary alicyclic amines) is 1. The van der Waals surface area contributed by atoms with Crippen molar-refractivity contribution < 1.29 is 18.3 Å². The fourth-order valence-corrected chi connectivity index (χ4v) is 3.27. The first-order valence-corrected chi connectivity index (χ1v) is 9.17. The Hall–Kier alpha value is -2.54. The van der Waals surface area contributed by atoms with Crippen LogP contribution in [0.3, 0.4) is 0 Å². The van der Waals surface area contributed by atoms with Gasteiger partial charge < -0.3 is 10.1 Å². The van der Waals surface area contributed by atoms with E-state index in [1.54, 1.807) is 18.3 Å². The van der Waals surface area contributed by atoms with E-state index < -0.39 is 11.6 Å². The van der Waals surface area contributed by atoms with Crippen molar-refractivity contribution in [2.24, 2.45) is 0 Å². The van der Waals surface area contributed by atoms with Crippen molar-refractivity contribution in [3.63, 3.8) is 0 Å². The lowest BCUT2D eigenvalue weighted by Crippen LogP contribution is -2.49. The van der Waals surface area contributed by atoms with Crippen LogP contribution in [0.25, 0.3) is 0 Å². The third kappa shape index (κ3) is 4.80. The first-order chi connectivity index (χ1) is 13.1. The van der Waals surface area contributed by atoms with Gasteiger partial charge in [-0.2, -0.15) is 0 Å². The van der Waals surface area contributed by atoms with E-state index in [9.17, 15) is 13.6 Å². The fourth-order valence-electron chi connectivity index (χ4n) is 3.27. The number of nitrogens with one attached hydrogen (secondary N) is 1. The maximum atomic E-state index is 13.4. The number of amides is 1. The van der Waals surface area contributed by atoms with Crippen LogP contribution < -0.4 is 10.1 Å². The van der Waals surface area contributed by atoms with E-state index in [1.807, 2.05) is 0 Å². The Labute approximate surface area is 157 Å². The van der Waals surface area contributed by atoms with E-state index >= 15 is 0 Å². The Balaban J connectivity index is 1.67. The number of ether oxygens (including phenoxy) is 1. The number of benzene rings is 1. The van der Waals surface area contributed by atoms with Crippen LogP contribution in [0.1, 0.15) is 31.7 Å². The summed E-state index contributed by atoms with van der Waals surface area (Å²) < 4.78 is 32.0. The molecule has 27 heavy (non-hydrogen) atoms. The molecule has 1 N–H and O–H groups in total. The summed E-state index contributed by atoms with van der Waals surface area (Å²) in [5.74, 6) is -1.55. The molecule has 7 heteroatoms. The van der Waals surface area contributed by atoms with Gasteiger partial charge in [-0.25, -0.2) is 13.8 Å². The van der Waals surface area contributed by atoms with Crippen molar-refractivity contribution >= 4 is 5.91 Å². The van der Waals surface area contributed by atoms with Gasteiger partial charge in [0, 0.05) is 24.4 Å². The van der Waals surface area contributed by atoms with Crippen LogP contribution in [-0.4, -0.2) is 34.9 Å². The largest absolute Gasteiger partial charge is 0.439 e. The Kier molecular flexibility index (Phi) is 6.34. The molecule has 0 spiro atoms. The third-order valence-electron chi connectivity index (χ3n) is 4.73. The van der Waals surface area contributed by atoms with Crippen molar-refractivity contribution in [3.05, 3.63) is 53.7 Å². The minimum Gasteiger partial charge on any atom is -0.439 e. The predicted octanol–water partition coefficient (Wildman–Crippen LogP) is 3.64. The van der Waals surface area contributed by atoms with E-state index in [0.717, 1.165) is 44.5 Å². The zero-order chi connectivity index (χ0) is 19.2. The second-order valence-electron chi connectivity index (χ2n) is 6.50. The highest BCUT2D eigenvalue weighted by molar-refractivity contribution is 5.81. The summed E-state index contributed by atoms with van der Waals surface area (Å²) >= 11 is 0. The Bertz CT molecular complexity index is 801. The molecular weight excluding hydrogens is 352 g/mol. The van der Waals surface area contributed by atoms with Crippen molar-refractivity contribution in [3.8, 4) is 11.6 Å². The molecule has 1 aromatic heterocycles. The normalized spacial score (nSPS) is 17.5. The van der Waals surface area contributed by atoms with Crippen LogP contribution in [-0.2, 0) is 11.3 Å². The summed E-state index contributed by atoms with van der Waals surface area (Å²) in [5, 5.41) is 2.94. The minimum atomic E-state index is -0.991. The number of rotatable bonds is 6. The van der Waals surface area contributed by atoms with E-state index in [4.69, 9.17) is 4.74 Å². The van der Waals surface area contributed by atoms with Crippen molar-refractivity contribution in [2.75, 3.05) is 13.1 Å². The summed E-state index contributed by atoms with van der Waals surface area (Å²) in [6.07, 6.45) is 4.56. The highest BCUT2D eigenvalue weighted by Crippen LogP contribution is 2.24. The minimum absolute atomic E-state index is 0.0146. The van der Waals surface area contributed by atoms with Gasteiger partial charge in [0.1, 0.15) is 5.75 Å². The highest BCUT2D eigenvalue weighted by Gasteiger charge is 2.27. The van der Waals surface area contributed by atoms with Gasteiger partial charge in [0.15, 0.2) is 11.6 Å². The van der Waals surface area contributed by atoms with Gasteiger partial charge in [-0.05, 0) is 44.1 Å². The average molecular weight is 375 g/mol. The Morgan fingerprint density at radius 1 is 1.30 bits per heavy atom. The molecule has 1 atom stereocenters. The molecule has 0 radical (unpaired) electrons. The lowest BCUT2D eigenvalue weighted by Gasteiger charge is -2.33. The van der Waals surface area contributed by atoms with Gasteiger partial charge >= 0.3 is 0 Å². The molecule has 3 rings (SSSR count). The van der Waals surface area contributed by atoms with Gasteiger partial charge in [0.2, 0.25) is 11.8 Å². The van der Waals surface area contributed by atoms with Crippen molar-refractivity contribution in [1.29, 1.82) is 0 Å². The zero-order valence-corrected chi connectivity index (χ0v) is 15.3. The summed E-state index contributed by atoms with van der Waals surface area (Å²) in [7, 11) is 0. The number of hydrogen-bond acceptors (Lipinski definition) is 4. The van der Waals surface area contributed by atoms with E-state index in [-0.39, 0.29) is 30.1 Å². The van der Waals surface area contributed by atoms with E-state index in [1.165, 1.54) is 6.07 Å². The molecule has 5 nitrogen and oxygen atoms in total. The van der Waals surface area contributed by atoms with Crippen molar-refractivity contribution in [2.45, 2.75) is 38.8 Å². The maximum Gasteiger partial charge on any atom is 0.237 e. The molecule has 1 aromatic carbocycles. The van der Waals surface area contributed by atoms with Gasteiger partial charge in [0.25, 0.3) is 0 Å². The number of aromatic nitrogens is 1. The molecule has 2 heterocycles. The molecule has 1 saturated heterocycles. The van der Waals surface area contributed by atoms with E-state index in [0.29, 0.717) is 5.56 Å². The maximum absolute atomic E-state index is 13.4. The lowest BCUT2D eigenvalue weighted by molar-refractivity contribution is -0.127. The molecule has 1 fully saturated rings. The van der Waals surface area contributed by atoms with Gasteiger partial charge in [-0.3, -0.25) is 9.69 Å². The summed E-state index contributed by atoms with van der Waals surface area (Å²) in [6, 6.07) is 6.69.